The molecule has 35 heavy (non-hydrogen) atoms. The zero-order valence-corrected chi connectivity index (χ0v) is 19.6. The molecule has 0 spiro atoms. The van der Waals surface area contributed by atoms with E-state index in [4.69, 9.17) is 18.9 Å². The van der Waals surface area contributed by atoms with Gasteiger partial charge in [-0.3, -0.25) is 0 Å². The predicted octanol–water partition coefficient (Wildman–Crippen LogP) is 7.16. The Morgan fingerprint density at radius 3 is 1.77 bits per heavy atom. The summed E-state index contributed by atoms with van der Waals surface area (Å²) in [5, 5.41) is 4.58. The second-order valence-electron chi connectivity index (χ2n) is 8.81. The molecule has 0 saturated heterocycles. The van der Waals surface area contributed by atoms with Gasteiger partial charge in [0, 0.05) is 11.1 Å². The van der Waals surface area contributed by atoms with Crippen LogP contribution in [0.4, 0.5) is 0 Å². The van der Waals surface area contributed by atoms with Crippen LogP contribution in [-0.2, 0) is 4.74 Å². The zero-order valence-electron chi connectivity index (χ0n) is 19.6. The summed E-state index contributed by atoms with van der Waals surface area (Å²) in [7, 11) is 0. The Morgan fingerprint density at radius 2 is 1.20 bits per heavy atom. The van der Waals surface area contributed by atoms with Gasteiger partial charge < -0.3 is 18.9 Å². The smallest absolute Gasteiger partial charge is 0.189 e. The Kier molecular flexibility index (Phi) is 5.73. The number of aryl methyl sites for hydroxylation is 1. The Hall–Kier alpha value is -4.02. The normalized spacial score (nSPS) is 13.6. The molecule has 5 aromatic rings. The quantitative estimate of drug-likeness (QED) is 0.266. The van der Waals surface area contributed by atoms with Crippen LogP contribution in [0.3, 0.4) is 0 Å². The lowest BCUT2D eigenvalue weighted by atomic mass is 9.92. The highest BCUT2D eigenvalue weighted by Gasteiger charge is 2.23. The number of ether oxygens (including phenoxy) is 4. The van der Waals surface area contributed by atoms with E-state index in [-0.39, 0.29) is 12.9 Å². The van der Waals surface area contributed by atoms with Crippen LogP contribution in [0.5, 0.6) is 17.2 Å². The van der Waals surface area contributed by atoms with Gasteiger partial charge in [-0.25, -0.2) is 0 Å². The highest BCUT2D eigenvalue weighted by molar-refractivity contribution is 6.09. The molecule has 0 atom stereocenters. The fourth-order valence-corrected chi connectivity index (χ4v) is 4.60. The van der Waals surface area contributed by atoms with Crippen molar-refractivity contribution in [2.24, 2.45) is 0 Å². The van der Waals surface area contributed by atoms with E-state index < -0.39 is 0 Å². The molecule has 0 aliphatic carbocycles. The fourth-order valence-electron chi connectivity index (χ4n) is 4.60. The Bertz CT molecular complexity index is 1400. The van der Waals surface area contributed by atoms with Gasteiger partial charge in [0.05, 0.1) is 0 Å². The topological polar surface area (TPSA) is 36.9 Å². The Morgan fingerprint density at radius 1 is 0.657 bits per heavy atom. The van der Waals surface area contributed by atoms with Crippen LogP contribution >= 0.6 is 0 Å². The summed E-state index contributed by atoms with van der Waals surface area (Å²) < 4.78 is 24.6. The molecular weight excluding hydrogens is 436 g/mol. The summed E-state index contributed by atoms with van der Waals surface area (Å²) >= 11 is 0. The van der Waals surface area contributed by atoms with E-state index in [0.717, 1.165) is 49.9 Å². The fraction of sp³-hybridized carbons (Fsp3) is 0.161. The Balaban J connectivity index is 1.37. The monoisotopic (exact) mass is 462 g/mol. The summed E-state index contributed by atoms with van der Waals surface area (Å²) in [5.74, 6) is 2.41. The van der Waals surface area contributed by atoms with Crippen molar-refractivity contribution in [3.63, 3.8) is 0 Å². The molecular formula is C31H26O4. The van der Waals surface area contributed by atoms with E-state index in [1.54, 1.807) is 0 Å². The van der Waals surface area contributed by atoms with Crippen LogP contribution in [0.15, 0.2) is 97.1 Å². The second-order valence-corrected chi connectivity index (χ2v) is 8.81. The van der Waals surface area contributed by atoms with Crippen LogP contribution in [0.1, 0.15) is 5.56 Å². The molecule has 174 valence electrons. The lowest BCUT2D eigenvalue weighted by Crippen LogP contribution is -2.30. The van der Waals surface area contributed by atoms with Gasteiger partial charge in [0.15, 0.2) is 6.79 Å². The molecule has 0 unspecified atom stereocenters. The minimum Gasteiger partial charge on any atom is -0.490 e. The van der Waals surface area contributed by atoms with Gasteiger partial charge in [-0.15, -0.1) is 0 Å². The Labute approximate surface area is 204 Å². The lowest BCUT2D eigenvalue weighted by molar-refractivity contribution is -0.0679. The van der Waals surface area contributed by atoms with E-state index in [9.17, 15) is 0 Å². The number of hydrogen-bond acceptors (Lipinski definition) is 4. The maximum Gasteiger partial charge on any atom is 0.189 e. The van der Waals surface area contributed by atoms with Crippen LogP contribution in [-0.4, -0.2) is 26.1 Å². The van der Waals surface area contributed by atoms with Crippen molar-refractivity contribution in [1.82, 2.24) is 0 Å². The molecule has 5 aromatic carbocycles. The van der Waals surface area contributed by atoms with Gasteiger partial charge in [0.2, 0.25) is 0 Å². The van der Waals surface area contributed by atoms with Crippen molar-refractivity contribution in [1.29, 1.82) is 0 Å². The first-order valence-corrected chi connectivity index (χ1v) is 11.9. The summed E-state index contributed by atoms with van der Waals surface area (Å²) in [6, 6.07) is 33.0. The van der Waals surface area contributed by atoms with Gasteiger partial charge >= 0.3 is 0 Å². The van der Waals surface area contributed by atoms with Crippen molar-refractivity contribution in [2.45, 2.75) is 13.0 Å². The van der Waals surface area contributed by atoms with Crippen LogP contribution < -0.4 is 14.2 Å². The molecule has 6 rings (SSSR count). The van der Waals surface area contributed by atoms with Crippen LogP contribution in [0, 0.1) is 6.92 Å². The van der Waals surface area contributed by atoms with Crippen LogP contribution in [0.2, 0.25) is 0 Å². The standard InChI is InChI=1S/C31H26O4/c1-21-10-14-24(15-11-21)34-20-35-25-18-32-28-16-12-22-6-2-4-8-26(22)30(28)31-27-9-5-3-7-23(27)13-17-29(31)33-19-25/h2-17,25H,18-20H2,1H3. The summed E-state index contributed by atoms with van der Waals surface area (Å²) in [6.45, 7) is 2.88. The molecule has 0 radical (unpaired) electrons. The molecule has 0 saturated carbocycles. The lowest BCUT2D eigenvalue weighted by Gasteiger charge is -2.18. The van der Waals surface area contributed by atoms with E-state index in [1.165, 1.54) is 5.56 Å². The van der Waals surface area contributed by atoms with Gasteiger partial charge in [-0.1, -0.05) is 78.4 Å². The van der Waals surface area contributed by atoms with E-state index in [0.29, 0.717) is 13.2 Å². The molecule has 4 nitrogen and oxygen atoms in total. The van der Waals surface area contributed by atoms with Gasteiger partial charge in [-0.05, 0) is 52.7 Å². The van der Waals surface area contributed by atoms with Gasteiger partial charge in [-0.2, -0.15) is 0 Å². The summed E-state index contributed by atoms with van der Waals surface area (Å²) in [5.41, 5.74) is 3.28. The summed E-state index contributed by atoms with van der Waals surface area (Å²) in [6.07, 6.45) is -0.294. The van der Waals surface area contributed by atoms with Crippen molar-refractivity contribution >= 4 is 21.5 Å². The molecule has 0 aromatic heterocycles. The second kappa shape index (κ2) is 9.32. The SMILES string of the molecule is Cc1ccc(OCOC2COc3ccc4ccccc4c3-c3c(ccc4ccccc34)OC2)cc1. The molecule has 1 aliphatic rings. The maximum absolute atomic E-state index is 6.39. The average Bonchev–Trinajstić information content (AvgIpc) is 2.98. The number of rotatable bonds is 4. The van der Waals surface area contributed by atoms with E-state index in [2.05, 4.69) is 79.7 Å². The van der Waals surface area contributed by atoms with Gasteiger partial charge in [0.1, 0.15) is 36.6 Å². The van der Waals surface area contributed by atoms with Crippen molar-refractivity contribution < 1.29 is 18.9 Å². The first-order chi connectivity index (χ1) is 17.3. The van der Waals surface area contributed by atoms with Crippen molar-refractivity contribution in [3.8, 4) is 28.4 Å². The highest BCUT2D eigenvalue weighted by atomic mass is 16.7. The number of benzene rings is 5. The van der Waals surface area contributed by atoms with Gasteiger partial charge in [0.25, 0.3) is 0 Å². The van der Waals surface area contributed by atoms with Crippen LogP contribution in [0.25, 0.3) is 32.7 Å². The minimum absolute atomic E-state index is 0.121. The maximum atomic E-state index is 6.39. The third-order valence-electron chi connectivity index (χ3n) is 6.43. The largest absolute Gasteiger partial charge is 0.490 e. The third kappa shape index (κ3) is 4.29. The first kappa shape index (κ1) is 21.5. The molecule has 0 bridgehead atoms. The van der Waals surface area contributed by atoms with E-state index in [1.807, 2.05) is 24.3 Å². The molecule has 4 heteroatoms. The third-order valence-corrected chi connectivity index (χ3v) is 6.43. The van der Waals surface area contributed by atoms with Crippen molar-refractivity contribution in [2.75, 3.05) is 20.0 Å². The predicted molar refractivity (Wildman–Crippen MR) is 139 cm³/mol. The summed E-state index contributed by atoms with van der Waals surface area (Å²) in [4.78, 5) is 0. The average molecular weight is 463 g/mol. The molecule has 0 amide bonds. The number of hydrogen-bond donors (Lipinski definition) is 0. The zero-order chi connectivity index (χ0) is 23.6. The van der Waals surface area contributed by atoms with E-state index >= 15 is 0 Å². The molecule has 0 fully saturated rings. The molecule has 1 heterocycles. The van der Waals surface area contributed by atoms with Crippen molar-refractivity contribution in [3.05, 3.63) is 103 Å². The molecule has 0 N–H and O–H groups in total. The number of fused-ring (bicyclic) bond motifs is 7. The highest BCUT2D eigenvalue weighted by Crippen LogP contribution is 2.46. The first-order valence-electron chi connectivity index (χ1n) is 11.9. The molecule has 1 aliphatic heterocycles. The minimum atomic E-state index is -0.294.